The maximum atomic E-state index is 12.2. The standard InChI is InChI=1S/C17H25NO3/c1-12(2)17(3,11-19)18-16(20)14-6-8-15(9-7-14)21-10-13-4-5-13/h6-9,12-13,19H,4-5,10-11H2,1-3H3,(H,18,20). The minimum Gasteiger partial charge on any atom is -0.493 e. The Morgan fingerprint density at radius 1 is 1.38 bits per heavy atom. The van der Waals surface area contributed by atoms with Crippen LogP contribution in [0.15, 0.2) is 24.3 Å². The van der Waals surface area contributed by atoms with Crippen LogP contribution in [-0.2, 0) is 0 Å². The number of ether oxygens (including phenoxy) is 1. The third-order valence-corrected chi connectivity index (χ3v) is 4.30. The summed E-state index contributed by atoms with van der Waals surface area (Å²) in [7, 11) is 0. The van der Waals surface area contributed by atoms with E-state index in [0.29, 0.717) is 11.5 Å². The zero-order chi connectivity index (χ0) is 15.5. The van der Waals surface area contributed by atoms with Crippen LogP contribution in [0.25, 0.3) is 0 Å². The quantitative estimate of drug-likeness (QED) is 0.812. The molecule has 0 radical (unpaired) electrons. The molecule has 1 unspecified atom stereocenters. The molecule has 1 amide bonds. The second-order valence-corrected chi connectivity index (χ2v) is 6.46. The van der Waals surface area contributed by atoms with Gasteiger partial charge in [-0.2, -0.15) is 0 Å². The number of nitrogens with one attached hydrogen (secondary N) is 1. The minimum absolute atomic E-state index is 0.0843. The number of aliphatic hydroxyl groups excluding tert-OH is 1. The minimum atomic E-state index is -0.613. The van der Waals surface area contributed by atoms with Gasteiger partial charge in [0.05, 0.1) is 18.8 Å². The van der Waals surface area contributed by atoms with Gasteiger partial charge < -0.3 is 15.2 Å². The Bertz CT molecular complexity index is 479. The second kappa shape index (κ2) is 6.48. The van der Waals surface area contributed by atoms with Crippen LogP contribution in [0.4, 0.5) is 0 Å². The normalized spacial score (nSPS) is 17.4. The molecule has 4 nitrogen and oxygen atoms in total. The van der Waals surface area contributed by atoms with Crippen LogP contribution in [0, 0.1) is 11.8 Å². The fourth-order valence-corrected chi connectivity index (χ4v) is 1.90. The number of benzene rings is 1. The van der Waals surface area contributed by atoms with Crippen molar-refractivity contribution in [3.8, 4) is 5.75 Å². The van der Waals surface area contributed by atoms with Crippen LogP contribution in [0.5, 0.6) is 5.75 Å². The lowest BCUT2D eigenvalue weighted by molar-refractivity contribution is 0.0784. The van der Waals surface area contributed by atoms with E-state index in [1.54, 1.807) is 12.1 Å². The van der Waals surface area contributed by atoms with Gasteiger partial charge >= 0.3 is 0 Å². The van der Waals surface area contributed by atoms with E-state index in [0.717, 1.165) is 12.4 Å². The monoisotopic (exact) mass is 291 g/mol. The van der Waals surface area contributed by atoms with E-state index in [4.69, 9.17) is 4.74 Å². The van der Waals surface area contributed by atoms with Crippen molar-refractivity contribution in [1.29, 1.82) is 0 Å². The van der Waals surface area contributed by atoms with Crippen molar-refractivity contribution in [1.82, 2.24) is 5.32 Å². The predicted octanol–water partition coefficient (Wildman–Crippen LogP) is 2.61. The smallest absolute Gasteiger partial charge is 0.251 e. The molecule has 2 rings (SSSR count). The molecule has 21 heavy (non-hydrogen) atoms. The lowest BCUT2D eigenvalue weighted by atomic mass is 9.89. The average Bonchev–Trinajstić information content (AvgIpc) is 3.29. The van der Waals surface area contributed by atoms with Crippen LogP contribution in [-0.4, -0.2) is 29.8 Å². The summed E-state index contributed by atoms with van der Waals surface area (Å²) in [5, 5.41) is 12.4. The molecule has 1 atom stereocenters. The number of carbonyl (C=O) groups is 1. The number of hydrogen-bond donors (Lipinski definition) is 2. The molecule has 0 heterocycles. The molecule has 1 aliphatic rings. The Morgan fingerprint density at radius 2 is 2.00 bits per heavy atom. The fourth-order valence-electron chi connectivity index (χ4n) is 1.90. The number of aliphatic hydroxyl groups is 1. The molecule has 1 aromatic rings. The third-order valence-electron chi connectivity index (χ3n) is 4.30. The van der Waals surface area contributed by atoms with E-state index in [2.05, 4.69) is 5.32 Å². The molecule has 116 valence electrons. The summed E-state index contributed by atoms with van der Waals surface area (Å²) in [5.74, 6) is 1.48. The van der Waals surface area contributed by atoms with Crippen molar-refractivity contribution in [2.75, 3.05) is 13.2 Å². The molecule has 0 aromatic heterocycles. The lowest BCUT2D eigenvalue weighted by Crippen LogP contribution is -2.52. The number of carbonyl (C=O) groups excluding carboxylic acids is 1. The first-order valence-electron chi connectivity index (χ1n) is 7.61. The van der Waals surface area contributed by atoms with Gasteiger partial charge in [-0.15, -0.1) is 0 Å². The molecular weight excluding hydrogens is 266 g/mol. The van der Waals surface area contributed by atoms with Crippen LogP contribution >= 0.6 is 0 Å². The molecule has 1 aliphatic carbocycles. The second-order valence-electron chi connectivity index (χ2n) is 6.46. The van der Waals surface area contributed by atoms with Crippen LogP contribution in [0.1, 0.15) is 44.0 Å². The first-order valence-corrected chi connectivity index (χ1v) is 7.61. The maximum Gasteiger partial charge on any atom is 0.251 e. The summed E-state index contributed by atoms with van der Waals surface area (Å²) < 4.78 is 5.65. The highest BCUT2D eigenvalue weighted by molar-refractivity contribution is 5.94. The van der Waals surface area contributed by atoms with E-state index in [-0.39, 0.29) is 18.4 Å². The van der Waals surface area contributed by atoms with Gasteiger partial charge in [-0.3, -0.25) is 4.79 Å². The topological polar surface area (TPSA) is 58.6 Å². The largest absolute Gasteiger partial charge is 0.493 e. The van der Waals surface area contributed by atoms with E-state index in [1.165, 1.54) is 12.8 Å². The van der Waals surface area contributed by atoms with Crippen molar-refractivity contribution in [2.24, 2.45) is 11.8 Å². The highest BCUT2D eigenvalue weighted by Crippen LogP contribution is 2.29. The Labute approximate surface area is 126 Å². The van der Waals surface area contributed by atoms with E-state index in [1.807, 2.05) is 32.9 Å². The first kappa shape index (κ1) is 15.8. The maximum absolute atomic E-state index is 12.2. The summed E-state index contributed by atoms with van der Waals surface area (Å²) >= 11 is 0. The van der Waals surface area contributed by atoms with Gasteiger partial charge in [0.15, 0.2) is 0 Å². The fraction of sp³-hybridized carbons (Fsp3) is 0.588. The number of rotatable bonds is 7. The molecule has 1 fully saturated rings. The summed E-state index contributed by atoms with van der Waals surface area (Å²) in [5.41, 5.74) is -0.0350. The van der Waals surface area contributed by atoms with Gasteiger partial charge in [-0.25, -0.2) is 0 Å². The van der Waals surface area contributed by atoms with Crippen molar-refractivity contribution in [3.05, 3.63) is 29.8 Å². The predicted molar refractivity (Wildman–Crippen MR) is 82.5 cm³/mol. The van der Waals surface area contributed by atoms with Gasteiger partial charge in [-0.05, 0) is 55.9 Å². The summed E-state index contributed by atoms with van der Waals surface area (Å²) in [6.07, 6.45) is 2.52. The van der Waals surface area contributed by atoms with Gasteiger partial charge in [0, 0.05) is 5.56 Å². The molecule has 0 saturated heterocycles. The highest BCUT2D eigenvalue weighted by Gasteiger charge is 2.29. The zero-order valence-electron chi connectivity index (χ0n) is 13.1. The average molecular weight is 291 g/mol. The van der Waals surface area contributed by atoms with Crippen molar-refractivity contribution in [2.45, 2.75) is 39.2 Å². The summed E-state index contributed by atoms with van der Waals surface area (Å²) in [6.45, 7) is 6.49. The van der Waals surface area contributed by atoms with E-state index < -0.39 is 5.54 Å². The Morgan fingerprint density at radius 3 is 2.48 bits per heavy atom. The molecule has 0 spiro atoms. The van der Waals surface area contributed by atoms with E-state index >= 15 is 0 Å². The van der Waals surface area contributed by atoms with Gasteiger partial charge in [0.2, 0.25) is 0 Å². The lowest BCUT2D eigenvalue weighted by Gasteiger charge is -2.32. The van der Waals surface area contributed by atoms with E-state index in [9.17, 15) is 9.90 Å². The van der Waals surface area contributed by atoms with Gasteiger partial charge in [-0.1, -0.05) is 13.8 Å². The van der Waals surface area contributed by atoms with Crippen molar-refractivity contribution in [3.63, 3.8) is 0 Å². The summed E-state index contributed by atoms with van der Waals surface area (Å²) in [4.78, 5) is 12.2. The van der Waals surface area contributed by atoms with Gasteiger partial charge in [0.1, 0.15) is 5.75 Å². The zero-order valence-corrected chi connectivity index (χ0v) is 13.1. The molecule has 2 N–H and O–H groups in total. The Kier molecular flexibility index (Phi) is 4.88. The SMILES string of the molecule is CC(C)C(C)(CO)NC(=O)c1ccc(OCC2CC2)cc1. The first-order chi connectivity index (χ1) is 9.94. The van der Waals surface area contributed by atoms with Crippen molar-refractivity contribution < 1.29 is 14.6 Å². The van der Waals surface area contributed by atoms with Crippen molar-refractivity contribution >= 4 is 5.91 Å². The molecule has 4 heteroatoms. The molecule has 1 saturated carbocycles. The summed E-state index contributed by atoms with van der Waals surface area (Å²) in [6, 6.07) is 7.16. The third kappa shape index (κ3) is 4.21. The molecule has 1 aromatic carbocycles. The Hall–Kier alpha value is -1.55. The highest BCUT2D eigenvalue weighted by atomic mass is 16.5. The Balaban J connectivity index is 1.95. The molecule has 0 bridgehead atoms. The van der Waals surface area contributed by atoms with Crippen LogP contribution in [0.2, 0.25) is 0 Å². The molecular formula is C17H25NO3. The van der Waals surface area contributed by atoms with Gasteiger partial charge in [0.25, 0.3) is 5.91 Å². The van der Waals surface area contributed by atoms with Crippen LogP contribution in [0.3, 0.4) is 0 Å². The number of hydrogen-bond acceptors (Lipinski definition) is 3. The number of amides is 1. The molecule has 0 aliphatic heterocycles. The van der Waals surface area contributed by atoms with Crippen LogP contribution < -0.4 is 10.1 Å².